The zero-order valence-electron chi connectivity index (χ0n) is 15.9. The Morgan fingerprint density at radius 3 is 2.33 bits per heavy atom. The number of carbonyl (C=O) groups excluding carboxylic acids is 2. The van der Waals surface area contributed by atoms with Crippen LogP contribution in [-0.4, -0.2) is 48.0 Å². The smallest absolute Gasteiger partial charge is 0.343 e. The zero-order valence-corrected chi connectivity index (χ0v) is 15.9. The molecule has 0 saturated carbocycles. The van der Waals surface area contributed by atoms with Crippen LogP contribution in [0, 0.1) is 10.1 Å². The van der Waals surface area contributed by atoms with Gasteiger partial charge in [-0.05, 0) is 30.8 Å². The van der Waals surface area contributed by atoms with Crippen molar-refractivity contribution in [2.45, 2.75) is 12.7 Å². The average molecular weight is 424 g/mol. The van der Waals surface area contributed by atoms with E-state index in [4.69, 9.17) is 0 Å². The monoisotopic (exact) mass is 424 g/mol. The van der Waals surface area contributed by atoms with Crippen molar-refractivity contribution in [1.82, 2.24) is 10.2 Å². The van der Waals surface area contributed by atoms with Crippen molar-refractivity contribution in [2.24, 2.45) is 0 Å². The topological polar surface area (TPSA) is 105 Å². The fourth-order valence-electron chi connectivity index (χ4n) is 2.59. The number of nitro groups is 1. The maximum atomic E-state index is 12.2. The van der Waals surface area contributed by atoms with E-state index >= 15 is 0 Å². The van der Waals surface area contributed by atoms with Crippen LogP contribution < -0.4 is 10.6 Å². The number of hydrogen-bond acceptors (Lipinski definition) is 5. The molecular weight excluding hydrogens is 405 g/mol. The Hall–Kier alpha value is -3.47. The second-order valence-corrected chi connectivity index (χ2v) is 6.49. The van der Waals surface area contributed by atoms with Crippen molar-refractivity contribution in [3.8, 4) is 0 Å². The number of para-hydroxylation sites is 2. The lowest BCUT2D eigenvalue weighted by molar-refractivity contribution is -0.383. The maximum absolute atomic E-state index is 12.2. The highest BCUT2D eigenvalue weighted by atomic mass is 19.4. The molecule has 0 heterocycles. The molecule has 30 heavy (non-hydrogen) atoms. The van der Waals surface area contributed by atoms with Gasteiger partial charge in [-0.1, -0.05) is 24.3 Å². The van der Waals surface area contributed by atoms with Gasteiger partial charge in [0.25, 0.3) is 11.6 Å². The van der Waals surface area contributed by atoms with Gasteiger partial charge in [-0.15, -0.1) is 0 Å². The standard InChI is InChI=1S/C19H19F3N4O4/c1-25(11-17(27)24-15-4-2-3-5-16(15)26(29)30)10-13-6-8-14(9-7-13)18(28)23-12-19(20,21)22/h2-9H,10-12H2,1H3,(H,23,28)(H,24,27). The Bertz CT molecular complexity index is 917. The highest BCUT2D eigenvalue weighted by Crippen LogP contribution is 2.23. The molecule has 0 fully saturated rings. The minimum Gasteiger partial charge on any atom is -0.343 e. The summed E-state index contributed by atoms with van der Waals surface area (Å²) in [6.45, 7) is -1.15. The lowest BCUT2D eigenvalue weighted by Crippen LogP contribution is -2.33. The van der Waals surface area contributed by atoms with Gasteiger partial charge in [0.05, 0.1) is 11.5 Å². The molecule has 2 amide bonds. The van der Waals surface area contributed by atoms with Crippen molar-refractivity contribution >= 4 is 23.2 Å². The number of amides is 2. The van der Waals surface area contributed by atoms with Gasteiger partial charge >= 0.3 is 6.18 Å². The van der Waals surface area contributed by atoms with Crippen molar-refractivity contribution in [3.05, 3.63) is 69.8 Å². The van der Waals surface area contributed by atoms with Crippen LogP contribution in [0.25, 0.3) is 0 Å². The van der Waals surface area contributed by atoms with Crippen LogP contribution in [0.1, 0.15) is 15.9 Å². The summed E-state index contributed by atoms with van der Waals surface area (Å²) in [7, 11) is 1.66. The Labute approximate surface area is 169 Å². The van der Waals surface area contributed by atoms with Crippen LogP contribution in [0.3, 0.4) is 0 Å². The molecule has 2 N–H and O–H groups in total. The number of benzene rings is 2. The van der Waals surface area contributed by atoms with E-state index in [-0.39, 0.29) is 23.5 Å². The molecule has 0 bridgehead atoms. The number of carbonyl (C=O) groups is 2. The third kappa shape index (κ3) is 7.17. The van der Waals surface area contributed by atoms with Gasteiger partial charge in [-0.25, -0.2) is 0 Å². The van der Waals surface area contributed by atoms with Crippen molar-refractivity contribution in [1.29, 1.82) is 0 Å². The SMILES string of the molecule is CN(CC(=O)Nc1ccccc1[N+](=O)[O-])Cc1ccc(C(=O)NCC(F)(F)F)cc1. The molecule has 0 aliphatic heterocycles. The van der Waals surface area contributed by atoms with E-state index < -0.39 is 29.5 Å². The molecule has 2 rings (SSSR count). The molecule has 0 aromatic heterocycles. The molecule has 0 saturated heterocycles. The molecule has 0 aliphatic rings. The fourth-order valence-corrected chi connectivity index (χ4v) is 2.59. The zero-order chi connectivity index (χ0) is 22.3. The van der Waals surface area contributed by atoms with Crippen molar-refractivity contribution in [3.63, 3.8) is 0 Å². The Kier molecular flexibility index (Phi) is 7.48. The number of nitrogens with zero attached hydrogens (tertiary/aromatic N) is 2. The van der Waals surface area contributed by atoms with Crippen LogP contribution in [0.4, 0.5) is 24.5 Å². The predicted molar refractivity (Wildman–Crippen MR) is 103 cm³/mol. The third-order valence-corrected chi connectivity index (χ3v) is 3.91. The number of anilines is 1. The number of nitro benzene ring substituents is 1. The molecule has 0 aliphatic carbocycles. The van der Waals surface area contributed by atoms with Crippen LogP contribution in [-0.2, 0) is 11.3 Å². The molecule has 0 spiro atoms. The molecular formula is C19H19F3N4O4. The number of likely N-dealkylation sites (N-methyl/N-ethyl adjacent to an activating group) is 1. The lowest BCUT2D eigenvalue weighted by atomic mass is 10.1. The predicted octanol–water partition coefficient (Wildman–Crippen LogP) is 2.96. The fraction of sp³-hybridized carbons (Fsp3) is 0.263. The van der Waals surface area contributed by atoms with E-state index in [0.717, 1.165) is 5.56 Å². The van der Waals surface area contributed by atoms with Crippen molar-refractivity contribution in [2.75, 3.05) is 25.5 Å². The summed E-state index contributed by atoms with van der Waals surface area (Å²) < 4.78 is 36.5. The molecule has 2 aromatic rings. The van der Waals surface area contributed by atoms with Gasteiger partial charge in [-0.2, -0.15) is 13.2 Å². The highest BCUT2D eigenvalue weighted by molar-refractivity contribution is 5.94. The van der Waals surface area contributed by atoms with Crippen LogP contribution in [0.15, 0.2) is 48.5 Å². The summed E-state index contributed by atoms with van der Waals surface area (Å²) in [5.41, 5.74) is 0.686. The number of rotatable bonds is 8. The van der Waals surface area contributed by atoms with E-state index in [9.17, 15) is 32.9 Å². The van der Waals surface area contributed by atoms with E-state index in [1.54, 1.807) is 35.5 Å². The third-order valence-electron chi connectivity index (χ3n) is 3.91. The first kappa shape index (κ1) is 22.8. The minimum atomic E-state index is -4.49. The summed E-state index contributed by atoms with van der Waals surface area (Å²) >= 11 is 0. The summed E-state index contributed by atoms with van der Waals surface area (Å²) in [4.78, 5) is 35.9. The largest absolute Gasteiger partial charge is 0.405 e. The van der Waals surface area contributed by atoms with E-state index in [1.165, 1.54) is 30.3 Å². The summed E-state index contributed by atoms with van der Waals surface area (Å²) in [5.74, 6) is -1.29. The van der Waals surface area contributed by atoms with Crippen molar-refractivity contribution < 1.29 is 27.7 Å². The molecule has 8 nitrogen and oxygen atoms in total. The van der Waals surface area contributed by atoms with E-state index in [1.807, 2.05) is 0 Å². The van der Waals surface area contributed by atoms with E-state index in [0.29, 0.717) is 6.54 Å². The Balaban J connectivity index is 1.89. The molecule has 0 unspecified atom stereocenters. The highest BCUT2D eigenvalue weighted by Gasteiger charge is 2.27. The number of alkyl halides is 3. The molecule has 0 radical (unpaired) electrons. The lowest BCUT2D eigenvalue weighted by Gasteiger charge is -2.16. The summed E-state index contributed by atoms with van der Waals surface area (Å²) in [5, 5.41) is 15.3. The number of halogens is 3. The second kappa shape index (κ2) is 9.83. The molecule has 160 valence electrons. The Morgan fingerprint density at radius 1 is 1.10 bits per heavy atom. The van der Waals surface area contributed by atoms with Gasteiger partial charge in [0.15, 0.2) is 0 Å². The van der Waals surface area contributed by atoms with Gasteiger partial charge in [-0.3, -0.25) is 24.6 Å². The number of hydrogen-bond donors (Lipinski definition) is 2. The molecule has 0 atom stereocenters. The van der Waals surface area contributed by atoms with E-state index in [2.05, 4.69) is 5.32 Å². The first-order chi connectivity index (χ1) is 14.0. The molecule has 2 aromatic carbocycles. The average Bonchev–Trinajstić information content (AvgIpc) is 2.66. The molecule has 11 heteroatoms. The quantitative estimate of drug-likeness (QED) is 0.501. The van der Waals surface area contributed by atoms with Gasteiger partial charge in [0, 0.05) is 18.2 Å². The first-order valence-electron chi connectivity index (χ1n) is 8.71. The number of nitrogens with one attached hydrogen (secondary N) is 2. The summed E-state index contributed by atoms with van der Waals surface area (Å²) in [6, 6.07) is 11.7. The normalized spacial score (nSPS) is 11.2. The Morgan fingerprint density at radius 2 is 1.73 bits per heavy atom. The minimum absolute atomic E-state index is 0.0557. The van der Waals surface area contributed by atoms with Gasteiger partial charge in [0.2, 0.25) is 5.91 Å². The second-order valence-electron chi connectivity index (χ2n) is 6.49. The van der Waals surface area contributed by atoms with Crippen LogP contribution in [0.2, 0.25) is 0 Å². The van der Waals surface area contributed by atoms with Gasteiger partial charge < -0.3 is 10.6 Å². The first-order valence-corrected chi connectivity index (χ1v) is 8.71. The summed E-state index contributed by atoms with van der Waals surface area (Å²) in [6.07, 6.45) is -4.49. The van der Waals surface area contributed by atoms with Crippen LogP contribution >= 0.6 is 0 Å². The van der Waals surface area contributed by atoms with Crippen LogP contribution in [0.5, 0.6) is 0 Å². The maximum Gasteiger partial charge on any atom is 0.405 e. The van der Waals surface area contributed by atoms with Gasteiger partial charge in [0.1, 0.15) is 12.2 Å².